The summed E-state index contributed by atoms with van der Waals surface area (Å²) in [5.41, 5.74) is 6.23. The van der Waals surface area contributed by atoms with Gasteiger partial charge in [0.25, 0.3) is 0 Å². The van der Waals surface area contributed by atoms with Gasteiger partial charge in [0.15, 0.2) is 0 Å². The molecule has 0 heterocycles. The van der Waals surface area contributed by atoms with Crippen LogP contribution in [0.25, 0.3) is 0 Å². The van der Waals surface area contributed by atoms with Gasteiger partial charge in [0, 0.05) is 13.6 Å². The summed E-state index contributed by atoms with van der Waals surface area (Å²) in [6, 6.07) is 3.96. The van der Waals surface area contributed by atoms with Gasteiger partial charge in [-0.15, -0.1) is 0 Å². The summed E-state index contributed by atoms with van der Waals surface area (Å²) in [5, 5.41) is 0. The zero-order valence-electron chi connectivity index (χ0n) is 10.5. The maximum Gasteiger partial charge on any atom is 0.301 e. The Hall–Kier alpha value is -1.18. The molecule has 3 N–H and O–H groups in total. The first-order valence-corrected chi connectivity index (χ1v) is 7.01. The lowest BCUT2D eigenvalue weighted by Crippen LogP contribution is -2.34. The van der Waals surface area contributed by atoms with Crippen LogP contribution >= 0.6 is 0 Å². The standard InChI is InChI=1S/C11H18FN3O2S/c1-9-4-5-10(12)8-11(9)14-18(16,17)15(2)7-3-6-13/h4-5,8,14H,3,6-7,13H2,1-2H3. The van der Waals surface area contributed by atoms with Crippen LogP contribution in [0.2, 0.25) is 0 Å². The van der Waals surface area contributed by atoms with Crippen molar-refractivity contribution in [2.45, 2.75) is 13.3 Å². The number of halogens is 1. The van der Waals surface area contributed by atoms with Crippen molar-refractivity contribution in [1.29, 1.82) is 0 Å². The lowest BCUT2D eigenvalue weighted by Gasteiger charge is -2.18. The van der Waals surface area contributed by atoms with Gasteiger partial charge in [-0.3, -0.25) is 4.72 Å². The molecule has 0 atom stereocenters. The summed E-state index contributed by atoms with van der Waals surface area (Å²) < 4.78 is 40.4. The topological polar surface area (TPSA) is 75.4 Å². The van der Waals surface area contributed by atoms with Gasteiger partial charge < -0.3 is 5.73 Å². The molecule has 0 spiro atoms. The Balaban J connectivity index is 2.85. The minimum absolute atomic E-state index is 0.245. The minimum atomic E-state index is -3.66. The van der Waals surface area contributed by atoms with Crippen LogP contribution in [0.5, 0.6) is 0 Å². The average molecular weight is 275 g/mol. The number of hydrogen-bond acceptors (Lipinski definition) is 3. The number of nitrogens with one attached hydrogen (secondary N) is 1. The highest BCUT2D eigenvalue weighted by molar-refractivity contribution is 7.90. The predicted molar refractivity (Wildman–Crippen MR) is 70.0 cm³/mol. The normalized spacial score (nSPS) is 11.8. The molecule has 0 saturated heterocycles. The molecular weight excluding hydrogens is 257 g/mol. The molecule has 1 rings (SSSR count). The highest BCUT2D eigenvalue weighted by Crippen LogP contribution is 2.18. The molecule has 1 aromatic carbocycles. The second-order valence-electron chi connectivity index (χ2n) is 4.03. The summed E-state index contributed by atoms with van der Waals surface area (Å²) >= 11 is 0. The Morgan fingerprint density at radius 2 is 2.11 bits per heavy atom. The maximum absolute atomic E-state index is 13.1. The summed E-state index contributed by atoms with van der Waals surface area (Å²) in [6.07, 6.45) is 0.569. The Labute approximate surface area is 107 Å². The third kappa shape index (κ3) is 3.94. The number of benzene rings is 1. The van der Waals surface area contributed by atoms with Gasteiger partial charge in [-0.25, -0.2) is 4.39 Å². The third-order valence-electron chi connectivity index (χ3n) is 2.53. The van der Waals surface area contributed by atoms with Crippen molar-refractivity contribution < 1.29 is 12.8 Å². The number of nitrogens with two attached hydrogens (primary N) is 1. The van der Waals surface area contributed by atoms with E-state index in [-0.39, 0.29) is 5.69 Å². The van der Waals surface area contributed by atoms with E-state index in [1.807, 2.05) is 0 Å². The predicted octanol–water partition coefficient (Wildman–Crippen LogP) is 1.07. The molecule has 0 radical (unpaired) electrons. The van der Waals surface area contributed by atoms with E-state index in [4.69, 9.17) is 5.73 Å². The summed E-state index contributed by atoms with van der Waals surface area (Å²) in [6.45, 7) is 2.44. The van der Waals surface area contributed by atoms with E-state index in [1.54, 1.807) is 6.92 Å². The van der Waals surface area contributed by atoms with Crippen molar-refractivity contribution in [3.63, 3.8) is 0 Å². The molecule has 5 nitrogen and oxygen atoms in total. The summed E-state index contributed by atoms with van der Waals surface area (Å²) in [5.74, 6) is -0.483. The second-order valence-corrected chi connectivity index (χ2v) is 5.81. The van der Waals surface area contributed by atoms with Crippen molar-refractivity contribution in [2.24, 2.45) is 5.73 Å². The van der Waals surface area contributed by atoms with E-state index in [2.05, 4.69) is 4.72 Å². The highest BCUT2D eigenvalue weighted by Gasteiger charge is 2.17. The van der Waals surface area contributed by atoms with Crippen LogP contribution in [0.1, 0.15) is 12.0 Å². The quantitative estimate of drug-likeness (QED) is 0.815. The van der Waals surface area contributed by atoms with Gasteiger partial charge in [-0.2, -0.15) is 12.7 Å². The monoisotopic (exact) mass is 275 g/mol. The highest BCUT2D eigenvalue weighted by atomic mass is 32.2. The fourth-order valence-corrected chi connectivity index (χ4v) is 2.38. The Bertz CT molecular complexity index is 505. The van der Waals surface area contributed by atoms with Crippen LogP contribution in [0, 0.1) is 12.7 Å². The van der Waals surface area contributed by atoms with E-state index in [1.165, 1.54) is 19.2 Å². The number of anilines is 1. The van der Waals surface area contributed by atoms with Crippen LogP contribution < -0.4 is 10.5 Å². The molecule has 7 heteroatoms. The van der Waals surface area contributed by atoms with Crippen molar-refractivity contribution in [3.05, 3.63) is 29.6 Å². The van der Waals surface area contributed by atoms with E-state index in [0.717, 1.165) is 10.4 Å². The van der Waals surface area contributed by atoms with E-state index in [9.17, 15) is 12.8 Å². The number of aryl methyl sites for hydroxylation is 1. The Kier molecular flexibility index (Phi) is 5.06. The van der Waals surface area contributed by atoms with Gasteiger partial charge in [0.05, 0.1) is 5.69 Å². The van der Waals surface area contributed by atoms with Crippen molar-refractivity contribution >= 4 is 15.9 Å². The lowest BCUT2D eigenvalue weighted by atomic mass is 10.2. The average Bonchev–Trinajstić information content (AvgIpc) is 2.30. The molecule has 0 aromatic heterocycles. The molecule has 0 amide bonds. The largest absolute Gasteiger partial charge is 0.330 e. The zero-order valence-corrected chi connectivity index (χ0v) is 11.3. The van der Waals surface area contributed by atoms with Crippen molar-refractivity contribution in [3.8, 4) is 0 Å². The number of rotatable bonds is 6. The first-order valence-electron chi connectivity index (χ1n) is 5.57. The molecule has 102 valence electrons. The molecule has 0 fully saturated rings. The van der Waals surface area contributed by atoms with Crippen LogP contribution in [0.15, 0.2) is 18.2 Å². The number of hydrogen-bond donors (Lipinski definition) is 2. The SMILES string of the molecule is Cc1ccc(F)cc1NS(=O)(=O)N(C)CCCN. The summed E-state index contributed by atoms with van der Waals surface area (Å²) in [7, 11) is -2.21. The van der Waals surface area contributed by atoms with E-state index >= 15 is 0 Å². The minimum Gasteiger partial charge on any atom is -0.330 e. The van der Waals surface area contributed by atoms with Gasteiger partial charge >= 0.3 is 10.2 Å². The fourth-order valence-electron chi connectivity index (χ4n) is 1.36. The van der Waals surface area contributed by atoms with Crippen LogP contribution in [-0.2, 0) is 10.2 Å². The fraction of sp³-hybridized carbons (Fsp3) is 0.455. The van der Waals surface area contributed by atoms with Crippen LogP contribution in [-0.4, -0.2) is 32.9 Å². The second kappa shape index (κ2) is 6.12. The van der Waals surface area contributed by atoms with Crippen molar-refractivity contribution in [1.82, 2.24) is 4.31 Å². The molecule has 0 aliphatic carbocycles. The van der Waals surface area contributed by atoms with E-state index in [0.29, 0.717) is 25.1 Å². The first kappa shape index (κ1) is 14.9. The maximum atomic E-state index is 13.1. The molecule has 1 aromatic rings. The molecule has 0 unspecified atom stereocenters. The Morgan fingerprint density at radius 3 is 2.72 bits per heavy atom. The van der Waals surface area contributed by atoms with Gasteiger partial charge in [-0.05, 0) is 37.6 Å². The lowest BCUT2D eigenvalue weighted by molar-refractivity contribution is 0.468. The van der Waals surface area contributed by atoms with Crippen molar-refractivity contribution in [2.75, 3.05) is 24.9 Å². The first-order chi connectivity index (χ1) is 8.36. The molecule has 18 heavy (non-hydrogen) atoms. The van der Waals surface area contributed by atoms with Gasteiger partial charge in [0.2, 0.25) is 0 Å². The van der Waals surface area contributed by atoms with Crippen LogP contribution in [0.3, 0.4) is 0 Å². The molecular formula is C11H18FN3O2S. The Morgan fingerprint density at radius 1 is 1.44 bits per heavy atom. The number of nitrogens with zero attached hydrogens (tertiary/aromatic N) is 1. The molecule has 0 aliphatic rings. The van der Waals surface area contributed by atoms with E-state index < -0.39 is 16.0 Å². The molecule has 0 saturated carbocycles. The smallest absolute Gasteiger partial charge is 0.301 e. The van der Waals surface area contributed by atoms with Crippen LogP contribution in [0.4, 0.5) is 10.1 Å². The third-order valence-corrected chi connectivity index (χ3v) is 4.01. The zero-order chi connectivity index (χ0) is 13.8. The summed E-state index contributed by atoms with van der Waals surface area (Å²) in [4.78, 5) is 0. The van der Waals surface area contributed by atoms with Gasteiger partial charge in [0.1, 0.15) is 5.82 Å². The molecule has 0 bridgehead atoms. The molecule has 0 aliphatic heterocycles. The van der Waals surface area contributed by atoms with Gasteiger partial charge in [-0.1, -0.05) is 6.07 Å².